The Morgan fingerprint density at radius 3 is 2.46 bits per heavy atom. The van der Waals surface area contributed by atoms with Gasteiger partial charge in [-0.15, -0.1) is 0 Å². The second-order valence-corrected chi connectivity index (χ2v) is 9.02. The summed E-state index contributed by atoms with van der Waals surface area (Å²) in [5, 5.41) is 0.610. The van der Waals surface area contributed by atoms with Crippen molar-refractivity contribution in [1.29, 1.82) is 0 Å². The first-order valence-electron chi connectivity index (χ1n) is 8.26. The van der Waals surface area contributed by atoms with Crippen LogP contribution >= 0.6 is 23.2 Å². The highest BCUT2D eigenvalue weighted by Crippen LogP contribution is 2.27. The minimum atomic E-state index is -3.53. The summed E-state index contributed by atoms with van der Waals surface area (Å²) in [6.45, 7) is 4.14. The molecule has 0 aromatic heterocycles. The van der Waals surface area contributed by atoms with E-state index < -0.39 is 10.0 Å². The summed E-state index contributed by atoms with van der Waals surface area (Å²) in [5.41, 5.74) is 0. The molecule has 24 heavy (non-hydrogen) atoms. The van der Waals surface area contributed by atoms with Crippen LogP contribution in [0.3, 0.4) is 0 Å². The van der Waals surface area contributed by atoms with Crippen LogP contribution in [0.2, 0.25) is 10.0 Å². The monoisotopic (exact) mass is 392 g/mol. The maximum atomic E-state index is 12.7. The highest BCUT2D eigenvalue weighted by atomic mass is 35.5. The summed E-state index contributed by atoms with van der Waals surface area (Å²) in [7, 11) is -3.53. The van der Waals surface area contributed by atoms with Crippen LogP contribution in [0.15, 0.2) is 23.1 Å². The van der Waals surface area contributed by atoms with Gasteiger partial charge < -0.3 is 4.74 Å². The summed E-state index contributed by atoms with van der Waals surface area (Å²) >= 11 is 11.8. The maximum Gasteiger partial charge on any atom is 0.243 e. The van der Waals surface area contributed by atoms with Gasteiger partial charge in [0.1, 0.15) is 0 Å². The highest BCUT2D eigenvalue weighted by molar-refractivity contribution is 7.89. The van der Waals surface area contributed by atoms with Crippen molar-refractivity contribution in [2.75, 3.05) is 39.3 Å². The van der Waals surface area contributed by atoms with E-state index in [0.717, 1.165) is 39.1 Å². The third-order valence-corrected chi connectivity index (χ3v) is 7.23. The Kier molecular flexibility index (Phi) is 6.06. The Bertz CT molecular complexity index is 670. The van der Waals surface area contributed by atoms with Crippen LogP contribution in [-0.2, 0) is 14.8 Å². The number of halogens is 2. The minimum Gasteiger partial charge on any atom is -0.377 e. The van der Waals surface area contributed by atoms with Crippen LogP contribution < -0.4 is 0 Å². The van der Waals surface area contributed by atoms with Gasteiger partial charge >= 0.3 is 0 Å². The number of benzene rings is 1. The fourth-order valence-electron chi connectivity index (χ4n) is 3.18. The minimum absolute atomic E-state index is 0.195. The first-order chi connectivity index (χ1) is 11.5. The van der Waals surface area contributed by atoms with Gasteiger partial charge in [-0.3, -0.25) is 4.90 Å². The van der Waals surface area contributed by atoms with Gasteiger partial charge in [-0.25, -0.2) is 8.42 Å². The molecule has 0 aliphatic carbocycles. The normalized spacial score (nSPS) is 24.2. The van der Waals surface area contributed by atoms with E-state index in [2.05, 4.69) is 4.90 Å². The summed E-state index contributed by atoms with van der Waals surface area (Å²) in [6.07, 6.45) is 3.75. The molecule has 0 N–H and O–H groups in total. The molecule has 0 unspecified atom stereocenters. The molecule has 2 aliphatic rings. The Balaban J connectivity index is 1.59. The van der Waals surface area contributed by atoms with E-state index in [1.165, 1.54) is 28.9 Å². The fraction of sp³-hybridized carbons (Fsp3) is 0.625. The zero-order valence-electron chi connectivity index (χ0n) is 13.5. The van der Waals surface area contributed by atoms with Gasteiger partial charge in [0, 0.05) is 39.3 Å². The third-order valence-electron chi connectivity index (χ3n) is 4.60. The lowest BCUT2D eigenvalue weighted by molar-refractivity contribution is -0.0103. The van der Waals surface area contributed by atoms with Gasteiger partial charge in [0.2, 0.25) is 10.0 Å². The number of ether oxygens (including phenoxy) is 1. The smallest absolute Gasteiger partial charge is 0.243 e. The third kappa shape index (κ3) is 4.23. The zero-order chi connectivity index (χ0) is 17.2. The molecule has 1 atom stereocenters. The van der Waals surface area contributed by atoms with Crippen molar-refractivity contribution in [3.8, 4) is 0 Å². The van der Waals surface area contributed by atoms with Crippen molar-refractivity contribution >= 4 is 33.2 Å². The quantitative estimate of drug-likeness (QED) is 0.790. The predicted octanol–water partition coefficient (Wildman–Crippen LogP) is 2.87. The van der Waals surface area contributed by atoms with Gasteiger partial charge in [-0.2, -0.15) is 4.31 Å². The van der Waals surface area contributed by atoms with Crippen molar-refractivity contribution in [2.24, 2.45) is 0 Å². The lowest BCUT2D eigenvalue weighted by atomic mass is 10.1. The number of piperazine rings is 1. The Morgan fingerprint density at radius 1 is 1.08 bits per heavy atom. The van der Waals surface area contributed by atoms with Gasteiger partial charge in [0.25, 0.3) is 0 Å². The fourth-order valence-corrected chi connectivity index (χ4v) is 4.99. The molecule has 3 rings (SSSR count). The number of sulfonamides is 1. The van der Waals surface area contributed by atoms with E-state index in [1.54, 1.807) is 0 Å². The van der Waals surface area contributed by atoms with E-state index in [0.29, 0.717) is 18.1 Å². The summed E-state index contributed by atoms with van der Waals surface area (Å²) in [5.74, 6) is 0. The Hall–Kier alpha value is -0.370. The molecule has 1 aromatic carbocycles. The first kappa shape index (κ1) is 18.4. The zero-order valence-corrected chi connectivity index (χ0v) is 15.8. The average Bonchev–Trinajstić information content (AvgIpc) is 2.58. The molecule has 5 nitrogen and oxygen atoms in total. The molecule has 8 heteroatoms. The predicted molar refractivity (Wildman–Crippen MR) is 95.3 cm³/mol. The molecule has 0 amide bonds. The van der Waals surface area contributed by atoms with Crippen LogP contribution in [0.1, 0.15) is 19.3 Å². The van der Waals surface area contributed by atoms with Crippen molar-refractivity contribution in [3.63, 3.8) is 0 Å². The number of hydrogen-bond acceptors (Lipinski definition) is 4. The van der Waals surface area contributed by atoms with E-state index in [-0.39, 0.29) is 16.0 Å². The number of rotatable bonds is 4. The molecule has 0 bridgehead atoms. The SMILES string of the molecule is O=S(=O)(c1ccc(Cl)c(Cl)c1)N1CCN(C[C@H]2CCCCO2)CC1. The van der Waals surface area contributed by atoms with Gasteiger partial charge in [0.15, 0.2) is 0 Å². The second-order valence-electron chi connectivity index (χ2n) is 6.27. The molecule has 1 aromatic rings. The first-order valence-corrected chi connectivity index (χ1v) is 10.5. The second kappa shape index (κ2) is 7.89. The topological polar surface area (TPSA) is 49.9 Å². The van der Waals surface area contributed by atoms with Crippen molar-refractivity contribution in [1.82, 2.24) is 9.21 Å². The number of hydrogen-bond donors (Lipinski definition) is 0. The standard InChI is InChI=1S/C16H22Cl2N2O3S/c17-15-5-4-14(11-16(15)18)24(21,22)20-8-6-19(7-9-20)12-13-3-1-2-10-23-13/h4-5,11,13H,1-3,6-10,12H2/t13-/m1/s1. The van der Waals surface area contributed by atoms with Crippen LogP contribution in [0.5, 0.6) is 0 Å². The van der Waals surface area contributed by atoms with Gasteiger partial charge in [-0.1, -0.05) is 23.2 Å². The maximum absolute atomic E-state index is 12.7. The molecule has 2 aliphatic heterocycles. The molecule has 2 heterocycles. The van der Waals surface area contributed by atoms with Crippen LogP contribution in [0.4, 0.5) is 0 Å². The number of nitrogens with zero attached hydrogens (tertiary/aromatic N) is 2. The summed E-state index contributed by atoms with van der Waals surface area (Å²) in [4.78, 5) is 2.48. The van der Waals surface area contributed by atoms with Crippen molar-refractivity contribution in [3.05, 3.63) is 28.2 Å². The average molecular weight is 393 g/mol. The van der Waals surface area contributed by atoms with Crippen LogP contribution in [0.25, 0.3) is 0 Å². The molecule has 2 saturated heterocycles. The lowest BCUT2D eigenvalue weighted by Crippen LogP contribution is -2.50. The van der Waals surface area contributed by atoms with E-state index >= 15 is 0 Å². The van der Waals surface area contributed by atoms with Gasteiger partial charge in [-0.05, 0) is 37.5 Å². The molecule has 0 saturated carbocycles. The Morgan fingerprint density at radius 2 is 1.83 bits per heavy atom. The molecule has 0 radical (unpaired) electrons. The molecule has 2 fully saturated rings. The summed E-state index contributed by atoms with van der Waals surface area (Å²) < 4.78 is 32.7. The van der Waals surface area contributed by atoms with Crippen LogP contribution in [-0.4, -0.2) is 63.1 Å². The van der Waals surface area contributed by atoms with Crippen LogP contribution in [0, 0.1) is 0 Å². The largest absolute Gasteiger partial charge is 0.377 e. The van der Waals surface area contributed by atoms with Crippen molar-refractivity contribution in [2.45, 2.75) is 30.3 Å². The molecule has 0 spiro atoms. The molecule has 134 valence electrons. The summed E-state index contributed by atoms with van der Waals surface area (Å²) in [6, 6.07) is 4.45. The lowest BCUT2D eigenvalue weighted by Gasteiger charge is -2.36. The Labute approximate surface area is 153 Å². The van der Waals surface area contributed by atoms with E-state index in [1.807, 2.05) is 0 Å². The van der Waals surface area contributed by atoms with Crippen molar-refractivity contribution < 1.29 is 13.2 Å². The van der Waals surface area contributed by atoms with E-state index in [9.17, 15) is 8.42 Å². The highest BCUT2D eigenvalue weighted by Gasteiger charge is 2.30. The molecular formula is C16H22Cl2N2O3S. The van der Waals surface area contributed by atoms with E-state index in [4.69, 9.17) is 27.9 Å². The molecular weight excluding hydrogens is 371 g/mol. The van der Waals surface area contributed by atoms with Gasteiger partial charge in [0.05, 0.1) is 21.0 Å².